The van der Waals surface area contributed by atoms with Crippen LogP contribution in [0, 0.1) is 0 Å². The Hall–Kier alpha value is -4.42. The molecule has 0 bridgehead atoms. The van der Waals surface area contributed by atoms with Gasteiger partial charge in [-0.2, -0.15) is 11.3 Å². The summed E-state index contributed by atoms with van der Waals surface area (Å²) >= 11 is 23.5. The number of aliphatic carboxylic acids is 2. The molecule has 0 atom stereocenters. The molecule has 4 amide bonds. The minimum absolute atomic E-state index is 0.0924. The maximum absolute atomic E-state index is 12.1. The fourth-order valence-corrected chi connectivity index (χ4v) is 43.0. The number of amides is 4. The average Bonchev–Trinajstić information content (AvgIpc) is 1.64. The first-order valence-corrected chi connectivity index (χ1v) is 54.6. The van der Waals surface area contributed by atoms with E-state index in [1.165, 1.54) is 77.9 Å². The van der Waals surface area contributed by atoms with Crippen LogP contribution >= 0.6 is 143 Å². The summed E-state index contributed by atoms with van der Waals surface area (Å²) in [6.45, 7) is 10.6. The van der Waals surface area contributed by atoms with Gasteiger partial charge in [0.1, 0.15) is 26.4 Å². The van der Waals surface area contributed by atoms with E-state index in [0.717, 1.165) is 162 Å². The summed E-state index contributed by atoms with van der Waals surface area (Å²) < 4.78 is 46.1. The summed E-state index contributed by atoms with van der Waals surface area (Å²) in [6.07, 6.45) is 24.0. The molecule has 5 aliphatic rings. The van der Waals surface area contributed by atoms with Gasteiger partial charge >= 0.3 is 169 Å². The molecule has 0 unspecified atom stereocenters. The van der Waals surface area contributed by atoms with Crippen LogP contribution in [0.5, 0.6) is 34.5 Å². The predicted molar refractivity (Wildman–Crippen MR) is 455 cm³/mol. The molecule has 5 aliphatic heterocycles. The Balaban J connectivity index is 0.000000184. The number of carbonyl (C=O) groups is 8. The molecule has 0 radical (unpaired) electrons. The van der Waals surface area contributed by atoms with Gasteiger partial charge in [-0.25, -0.2) is 9.59 Å². The van der Waals surface area contributed by atoms with Gasteiger partial charge in [-0.3, -0.25) is 28.8 Å². The summed E-state index contributed by atoms with van der Waals surface area (Å²) in [5.41, 5.74) is 5.15. The number of nitrogens with zero attached hydrogens (tertiary/aromatic N) is 2. The zero-order chi connectivity index (χ0) is 78.8. The number of thiophene rings is 7. The van der Waals surface area contributed by atoms with Gasteiger partial charge < -0.3 is 38.8 Å². The van der Waals surface area contributed by atoms with Crippen LogP contribution in [0.4, 0.5) is 0 Å². The first-order valence-electron chi connectivity index (χ1n) is 37.9. The van der Waals surface area contributed by atoms with Gasteiger partial charge in [0.05, 0.1) is 29.8 Å². The van der Waals surface area contributed by atoms with Gasteiger partial charge in [0, 0.05) is 67.0 Å². The number of halogens is 4. The normalized spacial score (nSPS) is 14.1. The third-order valence-corrected chi connectivity index (χ3v) is 46.8. The SMILES string of the molecule is CCC[CH2][Sn]([CH2]CCC)([CH2]CCC)[c]1scc2c1OCCO2.O=C(CCCCCc1cc(-c2scc3c2OCCO3)sc1-c1scc2c1OCCO2)ON1C(=O)CCC1=O.O=C(CCCCCc1cc(Br)sc1Br)ON1C(=O)CCC1=O.O=C(O)CCCCCc1cc(Br)sc1Br.O=C(O)CCCCCc1ccsc1. The van der Waals surface area contributed by atoms with Crippen molar-refractivity contribution in [2.45, 2.75) is 227 Å². The van der Waals surface area contributed by atoms with Crippen molar-refractivity contribution in [2.24, 2.45) is 0 Å². The minimum atomic E-state index is -2.35. The number of ether oxygens (including phenoxy) is 6. The molecule has 0 aromatic carbocycles. The summed E-state index contributed by atoms with van der Waals surface area (Å²) in [7, 11) is 0. The third-order valence-electron chi connectivity index (χ3n) is 18.4. The van der Waals surface area contributed by atoms with Crippen LogP contribution in [0.2, 0.25) is 13.3 Å². The standard InChI is InChI=1S/C26H25NO8S3.C14H15Br2NO4S.C10H12Br2O2S.C10H14O2S.C6H5O2S.3C4H9.Sn/c28-19-6-7-20(29)27(19)35-21(30)5-3-1-2-4-15-12-18(25-22-16(13-36-25)31-8-10-33-22)38-24(15)26-23-17(14-37-26)32-9-11-34-23;15-10-8-9(14(16)22-10)4-2-1-3-5-13(20)21-17-11(18)6-7-12(17)19;11-8-6-7(10(12)15-8)4-2-1-3-5-9(13)14;11-10(12)5-3-1-2-4-9-6-7-13-8-9;1-2-8-6-4-9-3-5(6)7-1;3*1-3-4-2;/h12-14H,1-11H2;8H,1-7H2;6H,1-5H2,(H,13,14);6-8H,1-5H2,(H,11,12);3H,1-2H2;3*1,3-4H2,2H3;. The summed E-state index contributed by atoms with van der Waals surface area (Å²) in [4.78, 5) is 104. The number of carbonyl (C=O) groups excluding carboxylic acids is 6. The monoisotopic (exact) mass is 2010 g/mol. The molecule has 0 aliphatic carbocycles. The second-order valence-corrected chi connectivity index (χ2v) is 52.9. The molecule has 602 valence electrons. The van der Waals surface area contributed by atoms with Crippen LogP contribution in [0.1, 0.15) is 210 Å². The second-order valence-electron chi connectivity index (χ2n) is 26.9. The molecular formula is C78H98Br4N2O18S7Sn. The zero-order valence-corrected chi connectivity index (χ0v) is 77.4. The second kappa shape index (κ2) is 48.8. The Morgan fingerprint density at radius 1 is 0.445 bits per heavy atom. The van der Waals surface area contributed by atoms with Crippen LogP contribution in [-0.4, -0.2) is 126 Å². The Labute approximate surface area is 710 Å². The summed E-state index contributed by atoms with van der Waals surface area (Å²) in [5.74, 6) is 1.13. The number of hydrogen-bond acceptors (Lipinski definition) is 23. The molecular weight excluding hydrogens is 1920 g/mol. The Morgan fingerprint density at radius 3 is 1.27 bits per heavy atom. The third kappa shape index (κ3) is 29.1. The number of unbranched alkanes of at least 4 members (excludes halogenated alkanes) is 11. The fourth-order valence-electron chi connectivity index (χ4n) is 12.7. The van der Waals surface area contributed by atoms with Gasteiger partial charge in [0.25, 0.3) is 23.6 Å². The number of rotatable bonds is 38. The number of carboxylic acids is 2. The van der Waals surface area contributed by atoms with Crippen molar-refractivity contribution in [1.29, 1.82) is 0 Å². The van der Waals surface area contributed by atoms with Crippen molar-refractivity contribution < 1.29 is 86.7 Å². The van der Waals surface area contributed by atoms with Crippen LogP contribution in [0.25, 0.3) is 19.5 Å². The van der Waals surface area contributed by atoms with Crippen LogP contribution in [-0.2, 0) is 73.7 Å². The van der Waals surface area contributed by atoms with E-state index < -0.39 is 65.9 Å². The quantitative estimate of drug-likeness (QED) is 0.0207. The Morgan fingerprint density at radius 2 is 0.845 bits per heavy atom. The van der Waals surface area contributed by atoms with E-state index in [0.29, 0.717) is 62.4 Å². The molecule has 12 heterocycles. The first-order chi connectivity index (χ1) is 53.2. The topological polar surface area (TPSA) is 257 Å². The van der Waals surface area contributed by atoms with Gasteiger partial charge in [0.2, 0.25) is 0 Å². The van der Waals surface area contributed by atoms with E-state index >= 15 is 0 Å². The van der Waals surface area contributed by atoms with Crippen molar-refractivity contribution in [3.8, 4) is 54.0 Å². The van der Waals surface area contributed by atoms with E-state index in [2.05, 4.69) is 125 Å². The fraction of sp³-hybridized carbons (Fsp3) is 0.538. The Kier molecular flexibility index (Phi) is 40.4. The number of carboxylic acid groups (broad SMARTS) is 2. The van der Waals surface area contributed by atoms with Gasteiger partial charge in [0.15, 0.2) is 23.0 Å². The zero-order valence-electron chi connectivity index (χ0n) is 62.5. The van der Waals surface area contributed by atoms with Gasteiger partial charge in [-0.05, 0) is 198 Å². The molecule has 0 saturated carbocycles. The van der Waals surface area contributed by atoms with E-state index in [1.54, 1.807) is 70.9 Å². The summed E-state index contributed by atoms with van der Waals surface area (Å²) in [5, 5.41) is 28.5. The molecule has 7 aromatic heterocycles. The maximum atomic E-state index is 12.1. The van der Waals surface area contributed by atoms with Crippen molar-refractivity contribution >= 4 is 212 Å². The van der Waals surface area contributed by atoms with Crippen LogP contribution in [0.15, 0.2) is 66.3 Å². The van der Waals surface area contributed by atoms with Crippen LogP contribution in [0.3, 0.4) is 0 Å². The molecule has 12 rings (SSSR count). The molecule has 32 heteroatoms. The molecule has 2 N–H and O–H groups in total. The van der Waals surface area contributed by atoms with Gasteiger partial charge in [-0.1, -0.05) is 25.7 Å². The van der Waals surface area contributed by atoms with Crippen molar-refractivity contribution in [3.63, 3.8) is 0 Å². The molecule has 2 saturated heterocycles. The average molecular weight is 2010 g/mol. The number of hydrogen-bond donors (Lipinski definition) is 2. The van der Waals surface area contributed by atoms with Crippen LogP contribution < -0.4 is 31.3 Å². The predicted octanol–water partition coefficient (Wildman–Crippen LogP) is 22.4. The van der Waals surface area contributed by atoms with Crippen molar-refractivity contribution in [1.82, 2.24) is 10.1 Å². The molecule has 110 heavy (non-hydrogen) atoms. The molecule has 7 aromatic rings. The first kappa shape index (κ1) is 91.1. The van der Waals surface area contributed by atoms with E-state index in [-0.39, 0.29) is 44.9 Å². The summed E-state index contributed by atoms with van der Waals surface area (Å²) in [6, 6.07) is 8.56. The molecule has 2 fully saturated rings. The van der Waals surface area contributed by atoms with E-state index in [9.17, 15) is 38.4 Å². The molecule has 0 spiro atoms. The maximum Gasteiger partial charge on any atom is 0.333 e. The molecule has 20 nitrogen and oxygen atoms in total. The Bertz CT molecular complexity index is 4040. The van der Waals surface area contributed by atoms with Crippen molar-refractivity contribution in [3.05, 3.63) is 88.6 Å². The number of aryl methyl sites for hydroxylation is 4. The van der Waals surface area contributed by atoms with E-state index in [1.807, 2.05) is 22.1 Å². The van der Waals surface area contributed by atoms with Gasteiger partial charge in [-0.15, -0.1) is 66.8 Å². The smallest absolute Gasteiger partial charge is 0.333 e. The minimum Gasteiger partial charge on any atom is -0.485 e. The number of imide groups is 2. The van der Waals surface area contributed by atoms with E-state index in [4.69, 9.17) is 48.3 Å². The largest absolute Gasteiger partial charge is 0.485 e. The van der Waals surface area contributed by atoms with Crippen molar-refractivity contribution in [2.75, 3.05) is 39.6 Å². The number of hydroxylamine groups is 4. The number of fused-ring (bicyclic) bond motifs is 3.